The second-order valence-electron chi connectivity index (χ2n) is 3.27. The molecule has 1 aromatic rings. The summed E-state index contributed by atoms with van der Waals surface area (Å²) in [4.78, 5) is 4.31. The maximum Gasteiger partial charge on any atom is 0.416 e. The zero-order valence-electron chi connectivity index (χ0n) is 8.77. The Morgan fingerprint density at radius 2 is 1.67 bits per heavy atom. The Bertz CT molecular complexity index is 437. The van der Waals surface area contributed by atoms with Crippen LogP contribution in [0.15, 0.2) is 23.4 Å². The van der Waals surface area contributed by atoms with Crippen LogP contribution in [0.5, 0.6) is 0 Å². The summed E-state index contributed by atoms with van der Waals surface area (Å²) in [6, 6.07) is 1.30. The summed E-state index contributed by atoms with van der Waals surface area (Å²) in [6.45, 7) is 2.29. The van der Waals surface area contributed by atoms with Crippen LogP contribution in [0.1, 0.15) is 16.7 Å². The number of oxime groups is 1. The van der Waals surface area contributed by atoms with E-state index >= 15 is 0 Å². The molecule has 0 fully saturated rings. The van der Waals surface area contributed by atoms with Crippen molar-refractivity contribution in [2.24, 2.45) is 5.16 Å². The topological polar surface area (TPSA) is 21.6 Å². The van der Waals surface area contributed by atoms with E-state index in [2.05, 4.69) is 16.7 Å². The maximum atomic E-state index is 12.6. The molecule has 0 spiro atoms. The van der Waals surface area contributed by atoms with Crippen molar-refractivity contribution in [1.29, 1.82) is 0 Å². The monoisotopic (exact) mass is 271 g/mol. The van der Waals surface area contributed by atoms with Crippen molar-refractivity contribution in [2.45, 2.75) is 19.0 Å². The minimum Gasteiger partial charge on any atom is -0.391 e. The van der Waals surface area contributed by atoms with Gasteiger partial charge in [0.2, 0.25) is 0 Å². The van der Waals surface area contributed by atoms with E-state index in [1.54, 1.807) is 0 Å². The highest BCUT2D eigenvalue weighted by molar-refractivity contribution is 5.35. The first-order valence-corrected chi connectivity index (χ1v) is 4.51. The molecule has 0 aromatic heterocycles. The summed E-state index contributed by atoms with van der Waals surface area (Å²) in [5, 5.41) is 2.89. The van der Waals surface area contributed by atoms with Gasteiger partial charge < -0.3 is 4.84 Å². The number of benzene rings is 1. The third-order valence-electron chi connectivity index (χ3n) is 2.05. The molecular formula is C10H7F6NO. The molecule has 18 heavy (non-hydrogen) atoms. The van der Waals surface area contributed by atoms with Crippen molar-refractivity contribution in [1.82, 2.24) is 0 Å². The molecule has 0 aliphatic carbocycles. The first kappa shape index (κ1) is 14.3. The predicted molar refractivity (Wildman–Crippen MR) is 50.8 cm³/mol. The molecule has 0 N–H and O–H groups in total. The fourth-order valence-corrected chi connectivity index (χ4v) is 1.26. The summed E-state index contributed by atoms with van der Waals surface area (Å²) >= 11 is 0. The number of alkyl halides is 6. The summed E-state index contributed by atoms with van der Waals surface area (Å²) in [5.41, 5.74) is -3.21. The number of hydrogen-bond donors (Lipinski definition) is 0. The highest BCUT2D eigenvalue weighted by Crippen LogP contribution is 2.37. The predicted octanol–water partition coefficient (Wildman–Crippen LogP) is 3.86. The van der Waals surface area contributed by atoms with Gasteiger partial charge in [0.1, 0.15) is 6.61 Å². The van der Waals surface area contributed by atoms with E-state index in [1.807, 2.05) is 0 Å². The zero-order valence-corrected chi connectivity index (χ0v) is 8.77. The fraction of sp³-hybridized carbons (Fsp3) is 0.300. The van der Waals surface area contributed by atoms with Gasteiger partial charge in [-0.2, -0.15) is 26.3 Å². The lowest BCUT2D eigenvalue weighted by molar-refractivity contribution is -0.143. The van der Waals surface area contributed by atoms with E-state index in [4.69, 9.17) is 0 Å². The molecule has 0 saturated heterocycles. The molecule has 0 bridgehead atoms. The third kappa shape index (κ3) is 3.38. The van der Waals surface area contributed by atoms with E-state index in [-0.39, 0.29) is 6.07 Å². The smallest absolute Gasteiger partial charge is 0.391 e. The maximum absolute atomic E-state index is 12.6. The summed E-state index contributed by atoms with van der Waals surface area (Å²) in [7, 11) is 0. The van der Waals surface area contributed by atoms with E-state index in [0.29, 0.717) is 12.1 Å². The molecule has 100 valence electrons. The van der Waals surface area contributed by atoms with Crippen molar-refractivity contribution in [3.63, 3.8) is 0 Å². The van der Waals surface area contributed by atoms with E-state index in [9.17, 15) is 26.3 Å². The van der Waals surface area contributed by atoms with Crippen LogP contribution >= 0.6 is 0 Å². The van der Waals surface area contributed by atoms with Crippen LogP contribution in [0.3, 0.4) is 0 Å². The molecule has 0 atom stereocenters. The molecule has 1 aromatic carbocycles. The van der Waals surface area contributed by atoms with E-state index in [0.717, 1.165) is 0 Å². The van der Waals surface area contributed by atoms with Gasteiger partial charge in [-0.25, -0.2) is 0 Å². The Hall–Kier alpha value is -1.73. The molecular weight excluding hydrogens is 264 g/mol. The van der Waals surface area contributed by atoms with Crippen LogP contribution in [0.25, 0.3) is 0 Å². The lowest BCUT2D eigenvalue weighted by Crippen LogP contribution is -2.13. The van der Waals surface area contributed by atoms with Crippen molar-refractivity contribution in [3.8, 4) is 0 Å². The highest BCUT2D eigenvalue weighted by atomic mass is 19.4. The minimum atomic E-state index is -4.90. The molecule has 0 unspecified atom stereocenters. The van der Waals surface area contributed by atoms with Crippen LogP contribution in [0.4, 0.5) is 26.3 Å². The molecule has 0 radical (unpaired) electrons. The molecule has 0 amide bonds. The van der Waals surface area contributed by atoms with Gasteiger partial charge in [-0.05, 0) is 12.1 Å². The van der Waals surface area contributed by atoms with Crippen LogP contribution in [-0.4, -0.2) is 6.72 Å². The van der Waals surface area contributed by atoms with Crippen LogP contribution in [0.2, 0.25) is 0 Å². The van der Waals surface area contributed by atoms with Gasteiger partial charge >= 0.3 is 12.4 Å². The lowest BCUT2D eigenvalue weighted by atomic mass is 10.0. The van der Waals surface area contributed by atoms with Crippen molar-refractivity contribution in [3.05, 3.63) is 34.9 Å². The molecule has 2 nitrogen and oxygen atoms in total. The van der Waals surface area contributed by atoms with Gasteiger partial charge in [-0.3, -0.25) is 0 Å². The Morgan fingerprint density at radius 1 is 1.06 bits per heavy atom. The molecule has 1 rings (SSSR count). The molecule has 0 aliphatic rings. The van der Waals surface area contributed by atoms with Gasteiger partial charge in [-0.1, -0.05) is 6.07 Å². The van der Waals surface area contributed by atoms with Gasteiger partial charge in [0.15, 0.2) is 0 Å². The number of halogens is 6. The van der Waals surface area contributed by atoms with Crippen LogP contribution in [0, 0.1) is 0 Å². The number of rotatable bonds is 3. The highest BCUT2D eigenvalue weighted by Gasteiger charge is 2.38. The number of nitrogens with zero attached hydrogens (tertiary/aromatic N) is 1. The van der Waals surface area contributed by atoms with Crippen molar-refractivity contribution >= 4 is 6.72 Å². The van der Waals surface area contributed by atoms with Gasteiger partial charge in [0.25, 0.3) is 0 Å². The Balaban J connectivity index is 3.25. The van der Waals surface area contributed by atoms with Crippen LogP contribution < -0.4 is 0 Å². The lowest BCUT2D eigenvalue weighted by Gasteiger charge is -2.15. The van der Waals surface area contributed by atoms with Gasteiger partial charge in [0, 0.05) is 12.3 Å². The van der Waals surface area contributed by atoms with Crippen molar-refractivity contribution in [2.75, 3.05) is 0 Å². The Labute approximate surface area is 97.8 Å². The summed E-state index contributed by atoms with van der Waals surface area (Å²) in [6.07, 6.45) is -9.74. The molecule has 0 heterocycles. The average molecular weight is 271 g/mol. The second kappa shape index (κ2) is 4.87. The first-order valence-electron chi connectivity index (χ1n) is 4.51. The fourth-order valence-electron chi connectivity index (χ4n) is 1.26. The Morgan fingerprint density at radius 3 is 2.11 bits per heavy atom. The second-order valence-corrected chi connectivity index (χ2v) is 3.27. The van der Waals surface area contributed by atoms with Gasteiger partial charge in [-0.15, -0.1) is 5.16 Å². The largest absolute Gasteiger partial charge is 0.416 e. The van der Waals surface area contributed by atoms with E-state index in [1.165, 1.54) is 0 Å². The minimum absolute atomic E-state index is 0.0434. The van der Waals surface area contributed by atoms with E-state index < -0.39 is 35.6 Å². The quantitative estimate of drug-likeness (QED) is 0.464. The molecule has 8 heteroatoms. The van der Waals surface area contributed by atoms with Crippen LogP contribution in [-0.2, 0) is 23.8 Å². The SMILES string of the molecule is C=NOCc1ccc(C(F)(F)F)cc1C(F)(F)F. The average Bonchev–Trinajstić information content (AvgIpc) is 2.23. The Kier molecular flexibility index (Phi) is 3.88. The summed E-state index contributed by atoms with van der Waals surface area (Å²) < 4.78 is 74.7. The first-order chi connectivity index (χ1) is 8.16. The zero-order chi connectivity index (χ0) is 14.0. The standard InChI is InChI=1S/C10H7F6NO/c1-17-18-5-6-2-3-7(9(11,12)13)4-8(6)10(14,15)16/h2-4H,1,5H2. The third-order valence-corrected chi connectivity index (χ3v) is 2.05. The molecule has 0 saturated carbocycles. The number of hydrogen-bond acceptors (Lipinski definition) is 2. The van der Waals surface area contributed by atoms with Crippen molar-refractivity contribution < 1.29 is 31.2 Å². The normalized spacial score (nSPS) is 12.3. The summed E-state index contributed by atoms with van der Waals surface area (Å²) in [5.74, 6) is 0. The molecule has 0 aliphatic heterocycles. The van der Waals surface area contributed by atoms with Gasteiger partial charge in [0.05, 0.1) is 11.1 Å².